The molecule has 0 saturated heterocycles. The third-order valence-corrected chi connectivity index (χ3v) is 5.94. The van der Waals surface area contributed by atoms with Gasteiger partial charge in [-0.05, 0) is 36.1 Å². The maximum Gasteiger partial charge on any atom is 0.228 e. The second kappa shape index (κ2) is 6.71. The van der Waals surface area contributed by atoms with Crippen LogP contribution < -0.4 is 5.32 Å². The van der Waals surface area contributed by atoms with E-state index < -0.39 is 0 Å². The third kappa shape index (κ3) is 2.72. The van der Waals surface area contributed by atoms with E-state index in [2.05, 4.69) is 49.8 Å². The Morgan fingerprint density at radius 3 is 2.39 bits per heavy atom. The molecule has 0 spiro atoms. The zero-order chi connectivity index (χ0) is 19.0. The zero-order valence-corrected chi connectivity index (χ0v) is 15.4. The van der Waals surface area contributed by atoms with Crippen molar-refractivity contribution in [2.45, 2.75) is 31.1 Å². The van der Waals surface area contributed by atoms with Gasteiger partial charge in [-0.2, -0.15) is 5.10 Å². The largest absolute Gasteiger partial charge is 0.308 e. The van der Waals surface area contributed by atoms with Gasteiger partial charge >= 0.3 is 0 Å². The van der Waals surface area contributed by atoms with Gasteiger partial charge in [0.15, 0.2) is 5.82 Å². The minimum Gasteiger partial charge on any atom is -0.308 e. The first-order valence-electron chi connectivity index (χ1n) is 9.65. The van der Waals surface area contributed by atoms with Crippen LogP contribution in [0, 0.1) is 5.92 Å². The summed E-state index contributed by atoms with van der Waals surface area (Å²) in [4.78, 5) is 21.0. The highest BCUT2D eigenvalue weighted by Crippen LogP contribution is 2.42. The lowest BCUT2D eigenvalue weighted by Crippen LogP contribution is -2.31. The lowest BCUT2D eigenvalue weighted by atomic mass is 9.69. The molecule has 0 aromatic carbocycles. The summed E-state index contributed by atoms with van der Waals surface area (Å²) in [5, 5.41) is 10.5. The van der Waals surface area contributed by atoms with Crippen LogP contribution in [0.3, 0.4) is 0 Å². The molecule has 2 aliphatic rings. The Hall–Kier alpha value is -3.28. The minimum absolute atomic E-state index is 0.0744. The second-order valence-corrected chi connectivity index (χ2v) is 7.55. The van der Waals surface area contributed by atoms with Crippen molar-refractivity contribution in [1.29, 1.82) is 0 Å². The number of hydrogen-bond donors (Lipinski definition) is 2. The van der Waals surface area contributed by atoms with Crippen molar-refractivity contribution in [1.82, 2.24) is 20.2 Å². The van der Waals surface area contributed by atoms with Gasteiger partial charge in [-0.25, -0.2) is 0 Å². The van der Waals surface area contributed by atoms with Crippen LogP contribution >= 0.6 is 0 Å². The number of carbonyl (C=O) groups excluding carboxylic acids is 1. The Morgan fingerprint density at radius 2 is 1.82 bits per heavy atom. The number of rotatable bonds is 4. The molecule has 3 aromatic rings. The number of anilines is 1. The molecule has 1 fully saturated rings. The monoisotopic (exact) mass is 371 g/mol. The number of aromatic nitrogens is 4. The number of allylic oxidation sites excluding steroid dienone is 1. The number of pyridine rings is 2. The van der Waals surface area contributed by atoms with E-state index in [0.717, 1.165) is 41.6 Å². The number of hydrogen-bond acceptors (Lipinski definition) is 4. The lowest BCUT2D eigenvalue weighted by Gasteiger charge is -2.33. The fourth-order valence-electron chi connectivity index (χ4n) is 4.07. The lowest BCUT2D eigenvalue weighted by molar-refractivity contribution is -0.122. The Bertz CT molecular complexity index is 982. The number of aromatic amines is 1. The molecule has 2 aliphatic carbocycles. The molecule has 2 N–H and O–H groups in total. The predicted molar refractivity (Wildman–Crippen MR) is 107 cm³/mol. The minimum atomic E-state index is -0.378. The summed E-state index contributed by atoms with van der Waals surface area (Å²) in [6.07, 6.45) is 15.4. The van der Waals surface area contributed by atoms with Crippen molar-refractivity contribution in [2.24, 2.45) is 5.92 Å². The topological polar surface area (TPSA) is 83.6 Å². The van der Waals surface area contributed by atoms with Gasteiger partial charge in [0, 0.05) is 53.8 Å². The van der Waals surface area contributed by atoms with Gasteiger partial charge < -0.3 is 5.32 Å². The summed E-state index contributed by atoms with van der Waals surface area (Å²) in [5.74, 6) is 0.823. The van der Waals surface area contributed by atoms with E-state index in [1.165, 1.54) is 0 Å². The number of fused-ring (bicyclic) bond motifs is 1. The molecule has 0 aliphatic heterocycles. The Kier molecular flexibility index (Phi) is 4.04. The van der Waals surface area contributed by atoms with Crippen molar-refractivity contribution in [3.8, 4) is 0 Å². The van der Waals surface area contributed by atoms with E-state index in [-0.39, 0.29) is 17.2 Å². The maximum atomic E-state index is 12.3. The molecule has 28 heavy (non-hydrogen) atoms. The molecule has 3 heterocycles. The summed E-state index contributed by atoms with van der Waals surface area (Å²) in [5.41, 5.74) is 3.77. The van der Waals surface area contributed by atoms with Gasteiger partial charge in [-0.15, -0.1) is 0 Å². The van der Waals surface area contributed by atoms with Gasteiger partial charge in [0.05, 0.1) is 0 Å². The maximum absolute atomic E-state index is 12.3. The average molecular weight is 371 g/mol. The molecule has 5 rings (SSSR count). The van der Waals surface area contributed by atoms with Gasteiger partial charge in [0.1, 0.15) is 0 Å². The van der Waals surface area contributed by atoms with Gasteiger partial charge in [0.2, 0.25) is 5.91 Å². The Labute approximate surface area is 163 Å². The fourth-order valence-corrected chi connectivity index (χ4v) is 4.07. The molecular formula is C22H21N5O. The van der Waals surface area contributed by atoms with Crippen molar-refractivity contribution in [3.05, 3.63) is 77.5 Å². The molecule has 6 heteroatoms. The third-order valence-electron chi connectivity index (χ3n) is 5.94. The van der Waals surface area contributed by atoms with Crippen LogP contribution in [0.15, 0.2) is 55.1 Å². The van der Waals surface area contributed by atoms with Crippen LogP contribution in [0.5, 0.6) is 0 Å². The molecule has 0 atom stereocenters. The molecular weight excluding hydrogens is 350 g/mol. The summed E-state index contributed by atoms with van der Waals surface area (Å²) in [7, 11) is 0. The number of H-pyrrole nitrogens is 1. The fraction of sp³-hybridized carbons (Fsp3) is 0.273. The first kappa shape index (κ1) is 16.9. The molecule has 0 unspecified atom stereocenters. The van der Waals surface area contributed by atoms with E-state index in [0.29, 0.717) is 12.2 Å². The van der Waals surface area contributed by atoms with Crippen molar-refractivity contribution < 1.29 is 4.79 Å². The number of nitrogens with one attached hydrogen (secondary N) is 2. The number of nitrogens with zero attached hydrogens (tertiary/aromatic N) is 3. The van der Waals surface area contributed by atoms with Crippen molar-refractivity contribution >= 4 is 17.8 Å². The van der Waals surface area contributed by atoms with Crippen molar-refractivity contribution in [3.63, 3.8) is 0 Å². The van der Waals surface area contributed by atoms with E-state index in [9.17, 15) is 4.79 Å². The summed E-state index contributed by atoms with van der Waals surface area (Å²) >= 11 is 0. The normalized spacial score (nSPS) is 17.6. The highest BCUT2D eigenvalue weighted by Gasteiger charge is 2.37. The van der Waals surface area contributed by atoms with Crippen LogP contribution in [-0.2, 0) is 16.6 Å². The van der Waals surface area contributed by atoms with Crippen LogP contribution in [0.2, 0.25) is 0 Å². The standard InChI is InChI=1S/C22H21N5O/c28-21(15-4-1-5-15)25-20-18-8-9-22(12-19(18)26-27-20,16-6-2-10-23-13-16)17-7-3-11-24-14-17/h2-3,6-11,13-15H,1,4-5,12H2,(H2,25,26,27,28). The Morgan fingerprint density at radius 1 is 1.11 bits per heavy atom. The van der Waals surface area contributed by atoms with Gasteiger partial charge in [-0.1, -0.05) is 30.7 Å². The molecule has 1 saturated carbocycles. The predicted octanol–water partition coefficient (Wildman–Crippen LogP) is 3.49. The van der Waals surface area contributed by atoms with Crippen LogP contribution in [0.1, 0.15) is 41.6 Å². The average Bonchev–Trinajstić information content (AvgIpc) is 3.09. The zero-order valence-electron chi connectivity index (χ0n) is 15.4. The highest BCUT2D eigenvalue weighted by atomic mass is 16.2. The molecule has 1 amide bonds. The molecule has 0 bridgehead atoms. The summed E-state index contributed by atoms with van der Waals surface area (Å²) < 4.78 is 0. The number of amides is 1. The van der Waals surface area contributed by atoms with E-state index in [4.69, 9.17) is 0 Å². The smallest absolute Gasteiger partial charge is 0.228 e. The molecule has 3 aromatic heterocycles. The first-order chi connectivity index (χ1) is 13.8. The SMILES string of the molecule is O=C(Nc1n[nH]c2c1C=CC(c1cccnc1)(c1cccnc1)C2)C1CCC1. The molecule has 140 valence electrons. The highest BCUT2D eigenvalue weighted by molar-refractivity contribution is 5.94. The van der Waals surface area contributed by atoms with Gasteiger partial charge in [0.25, 0.3) is 0 Å². The van der Waals surface area contributed by atoms with Crippen LogP contribution in [-0.4, -0.2) is 26.1 Å². The van der Waals surface area contributed by atoms with Crippen LogP contribution in [0.25, 0.3) is 6.08 Å². The van der Waals surface area contributed by atoms with Gasteiger partial charge in [-0.3, -0.25) is 19.9 Å². The quantitative estimate of drug-likeness (QED) is 0.735. The molecule has 0 radical (unpaired) electrons. The first-order valence-corrected chi connectivity index (χ1v) is 9.65. The number of carbonyl (C=O) groups is 1. The summed E-state index contributed by atoms with van der Waals surface area (Å²) in [6.45, 7) is 0. The summed E-state index contributed by atoms with van der Waals surface area (Å²) in [6, 6.07) is 8.08. The second-order valence-electron chi connectivity index (χ2n) is 7.55. The van der Waals surface area contributed by atoms with E-state index >= 15 is 0 Å². The van der Waals surface area contributed by atoms with E-state index in [1.54, 1.807) is 12.4 Å². The Balaban J connectivity index is 1.52. The van der Waals surface area contributed by atoms with E-state index in [1.807, 2.05) is 24.5 Å². The molecule has 6 nitrogen and oxygen atoms in total. The van der Waals surface area contributed by atoms with Crippen LogP contribution in [0.4, 0.5) is 5.82 Å². The van der Waals surface area contributed by atoms with Crippen molar-refractivity contribution in [2.75, 3.05) is 5.32 Å².